The van der Waals surface area contributed by atoms with Crippen LogP contribution in [-0.4, -0.2) is 11.8 Å². The summed E-state index contributed by atoms with van der Waals surface area (Å²) in [6.45, 7) is 10.6. The molecule has 0 atom stereocenters. The number of allylic oxidation sites excluding steroid dienone is 4. The molecule has 0 fully saturated rings. The molecule has 0 rings (SSSR count). The minimum atomic E-state index is 0.369. The van der Waals surface area contributed by atoms with Gasteiger partial charge in [-0.05, 0) is 45.8 Å². The molecule has 0 amide bonds. The zero-order valence-electron chi connectivity index (χ0n) is 10.2. The minimum Gasteiger partial charge on any atom is -0.282 e. The van der Waals surface area contributed by atoms with E-state index in [-0.39, 0.29) is 0 Å². The van der Waals surface area contributed by atoms with E-state index in [0.717, 1.165) is 12.1 Å². The van der Waals surface area contributed by atoms with E-state index >= 15 is 0 Å². The van der Waals surface area contributed by atoms with E-state index in [1.165, 1.54) is 12.0 Å². The number of aliphatic imine (C=N–C) groups is 1. The van der Waals surface area contributed by atoms with Crippen LogP contribution in [0, 0.1) is 0 Å². The topological polar surface area (TPSA) is 12.4 Å². The van der Waals surface area contributed by atoms with Crippen LogP contribution in [0.4, 0.5) is 0 Å². The maximum Gasteiger partial charge on any atom is 0.0602 e. The van der Waals surface area contributed by atoms with Gasteiger partial charge in [0.1, 0.15) is 0 Å². The highest BCUT2D eigenvalue weighted by molar-refractivity contribution is 6.08. The normalized spacial score (nSPS) is 14.4. The minimum absolute atomic E-state index is 0.369. The van der Waals surface area contributed by atoms with E-state index in [0.29, 0.717) is 6.04 Å². The molecule has 0 spiro atoms. The molecule has 0 N–H and O–H groups in total. The van der Waals surface area contributed by atoms with Crippen molar-refractivity contribution in [2.75, 3.05) is 0 Å². The molecule has 0 aromatic heterocycles. The molecule has 1 heteroatoms. The first kappa shape index (κ1) is 13.2. The van der Waals surface area contributed by atoms with Crippen LogP contribution < -0.4 is 0 Å². The predicted molar refractivity (Wildman–Crippen MR) is 66.1 cm³/mol. The highest BCUT2D eigenvalue weighted by atomic mass is 14.8. The van der Waals surface area contributed by atoms with Gasteiger partial charge in [0, 0.05) is 6.04 Å². The maximum atomic E-state index is 4.62. The van der Waals surface area contributed by atoms with E-state index in [4.69, 9.17) is 0 Å². The zero-order chi connectivity index (χ0) is 11.0. The zero-order valence-corrected chi connectivity index (χ0v) is 10.2. The Bertz CT molecular complexity index is 232. The summed E-state index contributed by atoms with van der Waals surface area (Å²) in [5.74, 6) is 0. The van der Waals surface area contributed by atoms with Crippen molar-refractivity contribution in [2.45, 2.75) is 53.5 Å². The fraction of sp³-hybridized carbons (Fsp3) is 0.615. The van der Waals surface area contributed by atoms with Gasteiger partial charge in [-0.1, -0.05) is 25.5 Å². The molecule has 0 aromatic rings. The summed E-state index contributed by atoms with van der Waals surface area (Å²) in [5, 5.41) is 0. The van der Waals surface area contributed by atoms with Gasteiger partial charge >= 0.3 is 0 Å². The second kappa shape index (κ2) is 7.54. The number of hydrogen-bond acceptors (Lipinski definition) is 1. The molecule has 0 aliphatic rings. The molecule has 0 unspecified atom stereocenters. The SMILES string of the molecule is C\C=C/C(=N\C(C)C)C(=C/C)/CCC. The van der Waals surface area contributed by atoms with Crippen molar-refractivity contribution in [3.63, 3.8) is 0 Å². The molecule has 80 valence electrons. The molecule has 0 radical (unpaired) electrons. The molecule has 0 aromatic carbocycles. The van der Waals surface area contributed by atoms with Crippen LogP contribution in [0.15, 0.2) is 28.8 Å². The Hall–Kier alpha value is -0.850. The quantitative estimate of drug-likeness (QED) is 0.581. The highest BCUT2D eigenvalue weighted by Crippen LogP contribution is 2.10. The van der Waals surface area contributed by atoms with Crippen molar-refractivity contribution >= 4 is 5.71 Å². The fourth-order valence-corrected chi connectivity index (χ4v) is 1.36. The van der Waals surface area contributed by atoms with Crippen LogP contribution in [0.5, 0.6) is 0 Å². The monoisotopic (exact) mass is 193 g/mol. The van der Waals surface area contributed by atoms with Crippen molar-refractivity contribution in [3.05, 3.63) is 23.8 Å². The molecule has 1 nitrogen and oxygen atoms in total. The van der Waals surface area contributed by atoms with E-state index in [2.05, 4.69) is 50.9 Å². The van der Waals surface area contributed by atoms with Gasteiger partial charge in [-0.3, -0.25) is 4.99 Å². The summed E-state index contributed by atoms with van der Waals surface area (Å²) in [6, 6.07) is 0.369. The van der Waals surface area contributed by atoms with Crippen molar-refractivity contribution in [1.82, 2.24) is 0 Å². The van der Waals surface area contributed by atoms with Crippen molar-refractivity contribution in [3.8, 4) is 0 Å². The predicted octanol–water partition coefficient (Wildman–Crippen LogP) is 4.16. The van der Waals surface area contributed by atoms with Crippen molar-refractivity contribution in [2.24, 2.45) is 4.99 Å². The Morgan fingerprint density at radius 3 is 2.29 bits per heavy atom. The lowest BCUT2D eigenvalue weighted by Crippen LogP contribution is -2.03. The Balaban J connectivity index is 4.79. The average Bonchev–Trinajstić information content (AvgIpc) is 2.13. The van der Waals surface area contributed by atoms with Gasteiger partial charge < -0.3 is 0 Å². The molecule has 0 aliphatic heterocycles. The summed E-state index contributed by atoms with van der Waals surface area (Å²) >= 11 is 0. The van der Waals surface area contributed by atoms with Crippen LogP contribution >= 0.6 is 0 Å². The first-order valence-corrected chi connectivity index (χ1v) is 5.51. The molecule has 0 saturated carbocycles. The lowest BCUT2D eigenvalue weighted by atomic mass is 10.0. The second-order valence-corrected chi connectivity index (χ2v) is 3.67. The highest BCUT2D eigenvalue weighted by Gasteiger charge is 2.02. The standard InChI is InChI=1S/C13H23N/c1-6-9-12(8-3)13(10-7-2)14-11(4)5/h7-8,10-11H,6,9H2,1-5H3/b10-7-,12-8+,14-13+. The lowest BCUT2D eigenvalue weighted by Gasteiger charge is -2.07. The number of nitrogens with zero attached hydrogens (tertiary/aromatic N) is 1. The van der Waals surface area contributed by atoms with E-state index in [1.54, 1.807) is 0 Å². The summed E-state index contributed by atoms with van der Waals surface area (Å²) in [6.07, 6.45) is 8.62. The first-order chi connectivity index (χ1) is 6.65. The van der Waals surface area contributed by atoms with Gasteiger partial charge in [0.25, 0.3) is 0 Å². The molecule has 14 heavy (non-hydrogen) atoms. The van der Waals surface area contributed by atoms with Crippen LogP contribution in [0.25, 0.3) is 0 Å². The molecule has 0 aliphatic carbocycles. The van der Waals surface area contributed by atoms with Crippen LogP contribution in [0.1, 0.15) is 47.5 Å². The maximum absolute atomic E-state index is 4.62. The third kappa shape index (κ3) is 5.00. The third-order valence-corrected chi connectivity index (χ3v) is 1.92. The number of rotatable bonds is 5. The van der Waals surface area contributed by atoms with Crippen LogP contribution in [0.3, 0.4) is 0 Å². The van der Waals surface area contributed by atoms with Gasteiger partial charge in [-0.15, -0.1) is 0 Å². The fourth-order valence-electron chi connectivity index (χ4n) is 1.36. The Morgan fingerprint density at radius 1 is 1.29 bits per heavy atom. The summed E-state index contributed by atoms with van der Waals surface area (Å²) < 4.78 is 0. The van der Waals surface area contributed by atoms with Gasteiger partial charge in [0.15, 0.2) is 0 Å². The van der Waals surface area contributed by atoms with Gasteiger partial charge in [0.05, 0.1) is 5.71 Å². The molecule has 0 saturated heterocycles. The second-order valence-electron chi connectivity index (χ2n) is 3.67. The summed E-state index contributed by atoms with van der Waals surface area (Å²) in [7, 11) is 0. The largest absolute Gasteiger partial charge is 0.282 e. The molecular formula is C13H23N. The summed E-state index contributed by atoms with van der Waals surface area (Å²) in [4.78, 5) is 4.62. The molecule has 0 bridgehead atoms. The third-order valence-electron chi connectivity index (χ3n) is 1.92. The van der Waals surface area contributed by atoms with Crippen molar-refractivity contribution in [1.29, 1.82) is 0 Å². The Kier molecular flexibility index (Phi) is 7.09. The Morgan fingerprint density at radius 2 is 1.93 bits per heavy atom. The van der Waals surface area contributed by atoms with Gasteiger partial charge in [0.2, 0.25) is 0 Å². The van der Waals surface area contributed by atoms with Crippen LogP contribution in [0.2, 0.25) is 0 Å². The van der Waals surface area contributed by atoms with Crippen LogP contribution in [-0.2, 0) is 0 Å². The Labute approximate surface area is 88.6 Å². The van der Waals surface area contributed by atoms with Gasteiger partial charge in [-0.25, -0.2) is 0 Å². The van der Waals surface area contributed by atoms with Gasteiger partial charge in [-0.2, -0.15) is 0 Å². The average molecular weight is 193 g/mol. The molecular weight excluding hydrogens is 170 g/mol. The summed E-state index contributed by atoms with van der Waals surface area (Å²) in [5.41, 5.74) is 2.51. The number of hydrogen-bond donors (Lipinski definition) is 0. The molecule has 0 heterocycles. The van der Waals surface area contributed by atoms with Crippen molar-refractivity contribution < 1.29 is 0 Å². The first-order valence-electron chi connectivity index (χ1n) is 5.51. The van der Waals surface area contributed by atoms with E-state index in [1.807, 2.05) is 6.92 Å². The smallest absolute Gasteiger partial charge is 0.0602 e. The van der Waals surface area contributed by atoms with E-state index in [9.17, 15) is 0 Å². The van der Waals surface area contributed by atoms with E-state index < -0.39 is 0 Å². The lowest BCUT2D eigenvalue weighted by molar-refractivity contribution is 0.832.